The predicted octanol–water partition coefficient (Wildman–Crippen LogP) is 4.45. The molecule has 1 atom stereocenters. The van der Waals surface area contributed by atoms with Gasteiger partial charge in [-0.2, -0.15) is 0 Å². The second-order valence-electron chi connectivity index (χ2n) is 4.57. The summed E-state index contributed by atoms with van der Waals surface area (Å²) in [7, 11) is 0. The first-order chi connectivity index (χ1) is 9.76. The number of hydrogen-bond donors (Lipinski definition) is 1. The van der Waals surface area contributed by atoms with E-state index < -0.39 is 0 Å². The Balaban J connectivity index is 2.42. The van der Waals surface area contributed by atoms with Crippen LogP contribution in [0.5, 0.6) is 0 Å². The zero-order chi connectivity index (χ0) is 14.6. The highest BCUT2D eigenvalue weighted by Crippen LogP contribution is 2.11. The van der Waals surface area contributed by atoms with Crippen molar-refractivity contribution in [3.63, 3.8) is 0 Å². The highest BCUT2D eigenvalue weighted by atomic mass is 16.5. The second kappa shape index (κ2) is 9.84. The first-order valence-electron chi connectivity index (χ1n) is 6.97. The summed E-state index contributed by atoms with van der Waals surface area (Å²) in [5, 5.41) is 3.41. The zero-order valence-corrected chi connectivity index (χ0v) is 12.5. The van der Waals surface area contributed by atoms with Crippen LogP contribution in [-0.2, 0) is 4.74 Å². The fraction of sp³-hybridized carbons (Fsp3) is 0.353. The average molecular weight is 272 g/mol. The van der Waals surface area contributed by atoms with Crippen molar-refractivity contribution in [1.29, 1.82) is 0 Å². The fourth-order valence-electron chi connectivity index (χ4n) is 1.73. The highest BCUT2D eigenvalue weighted by Gasteiger charge is 2.02. The van der Waals surface area contributed by atoms with Crippen molar-refractivity contribution in [2.24, 2.45) is 5.92 Å². The lowest BCUT2D eigenvalue weighted by Crippen LogP contribution is -2.12. The summed E-state index contributed by atoms with van der Waals surface area (Å²) in [4.78, 5) is 4.28. The van der Waals surface area contributed by atoms with Gasteiger partial charge in [0, 0.05) is 12.2 Å². The van der Waals surface area contributed by atoms with E-state index in [1.54, 1.807) is 12.5 Å². The van der Waals surface area contributed by atoms with Gasteiger partial charge >= 0.3 is 0 Å². The van der Waals surface area contributed by atoms with Crippen LogP contribution in [-0.4, -0.2) is 11.5 Å². The van der Waals surface area contributed by atoms with Crippen LogP contribution in [0, 0.1) is 12.8 Å². The van der Waals surface area contributed by atoms with Gasteiger partial charge in [-0.05, 0) is 51.3 Å². The SMILES string of the molecule is C/C=C\C(C/C=C/O/C=C/C)CNc1ccc(C)nc1. The minimum Gasteiger partial charge on any atom is -0.473 e. The van der Waals surface area contributed by atoms with Gasteiger partial charge in [-0.1, -0.05) is 18.2 Å². The van der Waals surface area contributed by atoms with E-state index in [1.807, 2.05) is 45.2 Å². The van der Waals surface area contributed by atoms with E-state index in [9.17, 15) is 0 Å². The lowest BCUT2D eigenvalue weighted by Gasteiger charge is -2.12. The number of ether oxygens (including phenoxy) is 1. The van der Waals surface area contributed by atoms with Crippen molar-refractivity contribution in [1.82, 2.24) is 4.98 Å². The monoisotopic (exact) mass is 272 g/mol. The number of aryl methyl sites for hydroxylation is 1. The van der Waals surface area contributed by atoms with Gasteiger partial charge in [0.15, 0.2) is 0 Å². The largest absolute Gasteiger partial charge is 0.473 e. The standard InChI is InChI=1S/C17H24N2O/c1-4-7-16(8-6-12-20-11-5-2)13-19-17-10-9-15(3)18-14-17/h4-7,9-12,14,16,19H,8,13H2,1-3H3/b7-4-,11-5+,12-6+. The number of hydrogen-bond acceptors (Lipinski definition) is 3. The van der Waals surface area contributed by atoms with Crippen LogP contribution in [0.2, 0.25) is 0 Å². The second-order valence-corrected chi connectivity index (χ2v) is 4.57. The summed E-state index contributed by atoms with van der Waals surface area (Å²) < 4.78 is 5.17. The first-order valence-corrected chi connectivity index (χ1v) is 6.97. The summed E-state index contributed by atoms with van der Waals surface area (Å²) >= 11 is 0. The summed E-state index contributed by atoms with van der Waals surface area (Å²) in [6.07, 6.45) is 14.4. The molecule has 0 saturated heterocycles. The van der Waals surface area contributed by atoms with Gasteiger partial charge in [-0.25, -0.2) is 0 Å². The molecule has 1 rings (SSSR count). The zero-order valence-electron chi connectivity index (χ0n) is 12.5. The van der Waals surface area contributed by atoms with Crippen LogP contribution in [0.3, 0.4) is 0 Å². The molecular weight excluding hydrogens is 248 g/mol. The summed E-state index contributed by atoms with van der Waals surface area (Å²) in [5.41, 5.74) is 2.09. The van der Waals surface area contributed by atoms with Gasteiger partial charge in [-0.3, -0.25) is 4.98 Å². The Morgan fingerprint density at radius 1 is 1.25 bits per heavy atom. The van der Waals surface area contributed by atoms with E-state index in [0.29, 0.717) is 5.92 Å². The van der Waals surface area contributed by atoms with E-state index in [4.69, 9.17) is 4.74 Å². The Morgan fingerprint density at radius 2 is 2.10 bits per heavy atom. The van der Waals surface area contributed by atoms with Gasteiger partial charge in [0.25, 0.3) is 0 Å². The number of pyridine rings is 1. The molecule has 0 spiro atoms. The van der Waals surface area contributed by atoms with Crippen LogP contribution in [0.4, 0.5) is 5.69 Å². The topological polar surface area (TPSA) is 34.1 Å². The van der Waals surface area contributed by atoms with Crippen molar-refractivity contribution in [2.45, 2.75) is 27.2 Å². The Morgan fingerprint density at radius 3 is 2.75 bits per heavy atom. The van der Waals surface area contributed by atoms with Crippen LogP contribution >= 0.6 is 0 Å². The minimum absolute atomic E-state index is 0.437. The third-order valence-corrected chi connectivity index (χ3v) is 2.77. The molecule has 0 fully saturated rings. The molecule has 3 nitrogen and oxygen atoms in total. The lowest BCUT2D eigenvalue weighted by atomic mass is 10.1. The molecule has 0 aliphatic rings. The van der Waals surface area contributed by atoms with Crippen molar-refractivity contribution in [2.75, 3.05) is 11.9 Å². The molecule has 0 radical (unpaired) electrons. The molecule has 3 heteroatoms. The normalized spacial score (nSPS) is 13.3. The Kier molecular flexibility index (Phi) is 7.89. The molecule has 0 aliphatic heterocycles. The molecule has 1 unspecified atom stereocenters. The molecule has 0 amide bonds. The van der Waals surface area contributed by atoms with E-state index in [1.165, 1.54) is 0 Å². The van der Waals surface area contributed by atoms with Gasteiger partial charge in [0.05, 0.1) is 24.4 Å². The van der Waals surface area contributed by atoms with Crippen molar-refractivity contribution >= 4 is 5.69 Å². The van der Waals surface area contributed by atoms with E-state index in [0.717, 1.165) is 24.3 Å². The Bertz CT molecular complexity index is 447. The Hall–Kier alpha value is -2.03. The summed E-state index contributed by atoms with van der Waals surface area (Å²) in [6, 6.07) is 4.07. The maximum Gasteiger partial charge on any atom is 0.0861 e. The van der Waals surface area contributed by atoms with Gasteiger partial charge < -0.3 is 10.1 Å². The summed E-state index contributed by atoms with van der Waals surface area (Å²) in [6.45, 7) is 6.83. The smallest absolute Gasteiger partial charge is 0.0861 e. The van der Waals surface area contributed by atoms with Crippen LogP contribution in [0.25, 0.3) is 0 Å². The third kappa shape index (κ3) is 6.78. The lowest BCUT2D eigenvalue weighted by molar-refractivity contribution is 0.399. The maximum atomic E-state index is 5.17. The maximum absolute atomic E-state index is 5.17. The number of aromatic nitrogens is 1. The van der Waals surface area contributed by atoms with E-state index >= 15 is 0 Å². The first kappa shape index (κ1) is 16.0. The number of nitrogens with zero attached hydrogens (tertiary/aromatic N) is 1. The van der Waals surface area contributed by atoms with Crippen molar-refractivity contribution in [3.8, 4) is 0 Å². The molecule has 1 N–H and O–H groups in total. The van der Waals surface area contributed by atoms with Gasteiger partial charge in [0.1, 0.15) is 0 Å². The van der Waals surface area contributed by atoms with Crippen LogP contribution in [0.1, 0.15) is 26.0 Å². The third-order valence-electron chi connectivity index (χ3n) is 2.77. The van der Waals surface area contributed by atoms with Gasteiger partial charge in [-0.15, -0.1) is 0 Å². The number of anilines is 1. The molecule has 1 aromatic rings. The number of rotatable bonds is 8. The molecule has 20 heavy (non-hydrogen) atoms. The minimum atomic E-state index is 0.437. The molecule has 1 aromatic heterocycles. The summed E-state index contributed by atoms with van der Waals surface area (Å²) in [5.74, 6) is 0.437. The predicted molar refractivity (Wildman–Crippen MR) is 85.4 cm³/mol. The highest BCUT2D eigenvalue weighted by molar-refractivity contribution is 5.40. The van der Waals surface area contributed by atoms with Crippen molar-refractivity contribution in [3.05, 3.63) is 60.9 Å². The molecule has 0 bridgehead atoms. The molecular formula is C17H24N2O. The quantitative estimate of drug-likeness (QED) is 0.561. The molecule has 0 aromatic carbocycles. The van der Waals surface area contributed by atoms with E-state index in [-0.39, 0.29) is 0 Å². The Labute approximate surface area is 122 Å². The molecule has 0 aliphatic carbocycles. The average Bonchev–Trinajstić information content (AvgIpc) is 2.46. The molecule has 0 saturated carbocycles. The number of nitrogens with one attached hydrogen (secondary N) is 1. The van der Waals surface area contributed by atoms with E-state index in [2.05, 4.69) is 28.5 Å². The van der Waals surface area contributed by atoms with Crippen molar-refractivity contribution < 1.29 is 4.74 Å². The number of allylic oxidation sites excluding steroid dienone is 3. The fourth-order valence-corrected chi connectivity index (χ4v) is 1.73. The van der Waals surface area contributed by atoms with Gasteiger partial charge in [0.2, 0.25) is 0 Å². The molecule has 1 heterocycles. The molecule has 108 valence electrons. The van der Waals surface area contributed by atoms with Crippen LogP contribution < -0.4 is 5.32 Å². The van der Waals surface area contributed by atoms with Crippen LogP contribution in [0.15, 0.2) is 55.2 Å².